The molecule has 8 heteroatoms. The number of thioether (sulfide) groups is 1. The highest BCUT2D eigenvalue weighted by Gasteiger charge is 2.21. The molecule has 2 aromatic heterocycles. The second-order valence-corrected chi connectivity index (χ2v) is 9.43. The van der Waals surface area contributed by atoms with Crippen LogP contribution in [0.2, 0.25) is 0 Å². The molecule has 0 N–H and O–H groups in total. The fourth-order valence-electron chi connectivity index (χ4n) is 4.24. The van der Waals surface area contributed by atoms with Crippen molar-refractivity contribution in [1.82, 2.24) is 19.2 Å². The third kappa shape index (κ3) is 4.20. The number of para-hydroxylation sites is 2. The summed E-state index contributed by atoms with van der Waals surface area (Å²) >= 11 is 1.29. The first kappa shape index (κ1) is 23.6. The SMILES string of the molecule is C=CCN(C(=O)CSc1nnc2n(-c3cc(C)ccc3C)c(=O)c3ccccc3n12)c1ccccc1. The lowest BCUT2D eigenvalue weighted by molar-refractivity contribution is -0.116. The Morgan fingerprint density at radius 2 is 1.78 bits per heavy atom. The zero-order valence-electron chi connectivity index (χ0n) is 20.1. The van der Waals surface area contributed by atoms with Gasteiger partial charge in [-0.1, -0.05) is 60.3 Å². The molecule has 1 amide bonds. The molecular weight excluding hydrogens is 470 g/mol. The molecule has 3 aromatic carbocycles. The van der Waals surface area contributed by atoms with Crippen LogP contribution in [0.4, 0.5) is 5.69 Å². The van der Waals surface area contributed by atoms with E-state index in [0.29, 0.717) is 28.4 Å². The highest BCUT2D eigenvalue weighted by molar-refractivity contribution is 7.99. The molecular formula is C28H25N5O2S. The number of aromatic nitrogens is 4. The number of hydrogen-bond donors (Lipinski definition) is 0. The molecule has 36 heavy (non-hydrogen) atoms. The molecule has 0 bridgehead atoms. The number of rotatable bonds is 7. The predicted octanol–water partition coefficient (Wildman–Crippen LogP) is 4.96. The summed E-state index contributed by atoms with van der Waals surface area (Å²) in [5.41, 5.74) is 4.10. The van der Waals surface area contributed by atoms with Gasteiger partial charge in [-0.2, -0.15) is 0 Å². The highest BCUT2D eigenvalue weighted by atomic mass is 32.2. The third-order valence-electron chi connectivity index (χ3n) is 6.01. The summed E-state index contributed by atoms with van der Waals surface area (Å²) in [7, 11) is 0. The van der Waals surface area contributed by atoms with Crippen LogP contribution in [0.25, 0.3) is 22.4 Å². The maximum absolute atomic E-state index is 13.6. The summed E-state index contributed by atoms with van der Waals surface area (Å²) in [6.45, 7) is 8.15. The first-order valence-electron chi connectivity index (χ1n) is 11.5. The molecule has 0 aliphatic carbocycles. The molecule has 0 saturated carbocycles. The van der Waals surface area contributed by atoms with Crippen molar-refractivity contribution < 1.29 is 4.79 Å². The van der Waals surface area contributed by atoms with Crippen molar-refractivity contribution in [2.45, 2.75) is 19.0 Å². The van der Waals surface area contributed by atoms with Crippen LogP contribution in [0.1, 0.15) is 11.1 Å². The average molecular weight is 496 g/mol. The van der Waals surface area contributed by atoms with Gasteiger partial charge in [-0.05, 0) is 55.3 Å². The smallest absolute Gasteiger partial charge is 0.267 e. The molecule has 0 aliphatic rings. The van der Waals surface area contributed by atoms with Gasteiger partial charge in [0.2, 0.25) is 11.7 Å². The van der Waals surface area contributed by atoms with Crippen LogP contribution in [-0.4, -0.2) is 37.4 Å². The van der Waals surface area contributed by atoms with Gasteiger partial charge in [0.25, 0.3) is 5.56 Å². The number of nitrogens with zero attached hydrogens (tertiary/aromatic N) is 5. The van der Waals surface area contributed by atoms with Crippen molar-refractivity contribution in [3.63, 3.8) is 0 Å². The van der Waals surface area contributed by atoms with E-state index in [-0.39, 0.29) is 17.2 Å². The van der Waals surface area contributed by atoms with E-state index >= 15 is 0 Å². The van der Waals surface area contributed by atoms with E-state index in [9.17, 15) is 9.59 Å². The molecule has 180 valence electrons. The predicted molar refractivity (Wildman–Crippen MR) is 145 cm³/mol. The van der Waals surface area contributed by atoms with E-state index in [1.165, 1.54) is 11.8 Å². The van der Waals surface area contributed by atoms with Crippen molar-refractivity contribution in [2.75, 3.05) is 17.2 Å². The Hall–Kier alpha value is -4.17. The lowest BCUT2D eigenvalue weighted by atomic mass is 10.1. The van der Waals surface area contributed by atoms with Crippen LogP contribution >= 0.6 is 11.8 Å². The minimum atomic E-state index is -0.159. The zero-order chi connectivity index (χ0) is 25.2. The molecule has 0 radical (unpaired) electrons. The van der Waals surface area contributed by atoms with E-state index in [1.54, 1.807) is 21.6 Å². The molecule has 0 fully saturated rings. The second-order valence-electron chi connectivity index (χ2n) is 8.48. The van der Waals surface area contributed by atoms with Crippen LogP contribution in [0.3, 0.4) is 0 Å². The Kier molecular flexibility index (Phi) is 6.43. The number of carbonyl (C=O) groups is 1. The molecule has 7 nitrogen and oxygen atoms in total. The number of aryl methyl sites for hydroxylation is 2. The lowest BCUT2D eigenvalue weighted by Crippen LogP contribution is -2.32. The van der Waals surface area contributed by atoms with Crippen molar-refractivity contribution >= 4 is 40.0 Å². The van der Waals surface area contributed by atoms with E-state index in [1.807, 2.05) is 85.0 Å². The zero-order valence-corrected chi connectivity index (χ0v) is 20.9. The van der Waals surface area contributed by atoms with E-state index in [2.05, 4.69) is 16.8 Å². The Morgan fingerprint density at radius 1 is 1.03 bits per heavy atom. The summed E-state index contributed by atoms with van der Waals surface area (Å²) in [6, 6.07) is 22.9. The molecule has 0 spiro atoms. The fourth-order valence-corrected chi connectivity index (χ4v) is 5.06. The Bertz CT molecular complexity index is 1660. The fraction of sp³-hybridized carbons (Fsp3) is 0.143. The Labute approximate surface area is 212 Å². The van der Waals surface area contributed by atoms with Gasteiger partial charge >= 0.3 is 0 Å². The Morgan fingerprint density at radius 3 is 2.56 bits per heavy atom. The summed E-state index contributed by atoms with van der Waals surface area (Å²) in [5, 5.41) is 9.90. The standard InChI is InChI=1S/C28H25N5O2S/c1-4-16-31(21-10-6-5-7-11-21)25(34)18-36-28-30-29-27-32(24-17-19(2)14-15-20(24)3)26(35)22-12-8-9-13-23(22)33(27)28/h4-15,17H,1,16,18H2,2-3H3. The Balaban J connectivity index is 1.60. The van der Waals surface area contributed by atoms with Crippen molar-refractivity contribution in [3.8, 4) is 5.69 Å². The van der Waals surface area contributed by atoms with Gasteiger partial charge in [0, 0.05) is 12.2 Å². The number of carbonyl (C=O) groups excluding carboxylic acids is 1. The molecule has 0 saturated heterocycles. The van der Waals surface area contributed by atoms with Gasteiger partial charge in [-0.15, -0.1) is 16.8 Å². The van der Waals surface area contributed by atoms with Gasteiger partial charge in [-0.25, -0.2) is 4.57 Å². The first-order valence-corrected chi connectivity index (χ1v) is 12.5. The van der Waals surface area contributed by atoms with Crippen LogP contribution in [0.15, 0.2) is 95.4 Å². The molecule has 2 heterocycles. The van der Waals surface area contributed by atoms with Gasteiger partial charge in [0.05, 0.1) is 22.3 Å². The minimum absolute atomic E-state index is 0.0741. The van der Waals surface area contributed by atoms with Crippen LogP contribution in [0, 0.1) is 13.8 Å². The summed E-state index contributed by atoms with van der Waals surface area (Å²) < 4.78 is 3.47. The molecule has 5 aromatic rings. The van der Waals surface area contributed by atoms with Crippen molar-refractivity contribution in [2.24, 2.45) is 0 Å². The maximum atomic E-state index is 13.6. The van der Waals surface area contributed by atoms with Crippen molar-refractivity contribution in [1.29, 1.82) is 0 Å². The van der Waals surface area contributed by atoms with Gasteiger partial charge in [-0.3, -0.25) is 14.0 Å². The largest absolute Gasteiger partial charge is 0.308 e. The first-order chi connectivity index (χ1) is 17.5. The maximum Gasteiger partial charge on any atom is 0.267 e. The second kappa shape index (κ2) is 9.83. The lowest BCUT2D eigenvalue weighted by Gasteiger charge is -2.21. The molecule has 5 rings (SSSR count). The highest BCUT2D eigenvalue weighted by Crippen LogP contribution is 2.25. The van der Waals surface area contributed by atoms with Crippen molar-refractivity contribution in [3.05, 3.63) is 107 Å². The van der Waals surface area contributed by atoms with E-state index in [4.69, 9.17) is 0 Å². The van der Waals surface area contributed by atoms with E-state index < -0.39 is 0 Å². The topological polar surface area (TPSA) is 72.5 Å². The van der Waals surface area contributed by atoms with Gasteiger partial charge in [0.15, 0.2) is 5.16 Å². The molecule has 0 unspecified atom stereocenters. The number of benzene rings is 3. The monoisotopic (exact) mass is 495 g/mol. The quantitative estimate of drug-likeness (QED) is 0.236. The van der Waals surface area contributed by atoms with Crippen LogP contribution in [0.5, 0.6) is 0 Å². The molecule has 0 atom stereocenters. The minimum Gasteiger partial charge on any atom is -0.308 e. The number of amides is 1. The number of hydrogen-bond acceptors (Lipinski definition) is 5. The third-order valence-corrected chi connectivity index (χ3v) is 6.92. The number of anilines is 1. The van der Waals surface area contributed by atoms with Crippen LogP contribution < -0.4 is 10.5 Å². The van der Waals surface area contributed by atoms with Gasteiger partial charge < -0.3 is 4.90 Å². The van der Waals surface area contributed by atoms with Gasteiger partial charge in [0.1, 0.15) is 0 Å². The normalized spacial score (nSPS) is 11.2. The van der Waals surface area contributed by atoms with Crippen LogP contribution in [-0.2, 0) is 4.79 Å². The summed E-state index contributed by atoms with van der Waals surface area (Å²) in [4.78, 5) is 28.5. The summed E-state index contributed by atoms with van der Waals surface area (Å²) in [6.07, 6.45) is 1.71. The number of fused-ring (bicyclic) bond motifs is 3. The molecule has 0 aliphatic heterocycles. The summed E-state index contributed by atoms with van der Waals surface area (Å²) in [5.74, 6) is 0.490. The average Bonchev–Trinajstić information content (AvgIpc) is 3.32. The van der Waals surface area contributed by atoms with E-state index in [0.717, 1.165) is 22.5 Å².